The van der Waals surface area contributed by atoms with E-state index in [1.54, 1.807) is 12.3 Å². The van der Waals surface area contributed by atoms with E-state index >= 15 is 0 Å². The molecule has 2 rings (SSSR count). The largest absolute Gasteiger partial charge is 0.496 e. The molecule has 1 aromatic rings. The standard InChI is InChI=1S/C14H22BNO5S/c1-13(2)14(3,4)21-15(20-13)11-7-10(9-22(6,17)18)12(19-5)16-8-11/h7-8H,9H2,1-6H3. The van der Waals surface area contributed by atoms with E-state index in [1.165, 1.54) is 13.4 Å². The molecule has 0 spiro atoms. The minimum atomic E-state index is -3.20. The van der Waals surface area contributed by atoms with Crippen LogP contribution in [0.1, 0.15) is 33.3 Å². The molecule has 0 atom stereocenters. The molecule has 0 aliphatic carbocycles. The first-order chi connectivity index (χ1) is 9.95. The molecule has 8 heteroatoms. The Kier molecular flexibility index (Phi) is 4.32. The Morgan fingerprint density at radius 1 is 1.23 bits per heavy atom. The van der Waals surface area contributed by atoms with Crippen molar-refractivity contribution in [3.05, 3.63) is 17.8 Å². The first-order valence-corrected chi connectivity index (χ1v) is 9.07. The molecule has 0 unspecified atom stereocenters. The van der Waals surface area contributed by atoms with Gasteiger partial charge >= 0.3 is 7.12 Å². The second-order valence-corrected chi connectivity index (χ2v) is 8.74. The summed E-state index contributed by atoms with van der Waals surface area (Å²) in [5.41, 5.74) is 0.249. The Morgan fingerprint density at radius 2 is 1.77 bits per heavy atom. The molecule has 1 aliphatic heterocycles. The molecule has 1 fully saturated rings. The van der Waals surface area contributed by atoms with Crippen molar-refractivity contribution in [1.29, 1.82) is 0 Å². The van der Waals surface area contributed by atoms with Gasteiger partial charge in [-0.2, -0.15) is 0 Å². The summed E-state index contributed by atoms with van der Waals surface area (Å²) in [7, 11) is -2.32. The van der Waals surface area contributed by atoms with Crippen molar-refractivity contribution >= 4 is 22.4 Å². The first kappa shape index (κ1) is 17.2. The van der Waals surface area contributed by atoms with E-state index in [0.29, 0.717) is 16.9 Å². The molecule has 2 heterocycles. The van der Waals surface area contributed by atoms with Crippen LogP contribution in [0.25, 0.3) is 0 Å². The molecule has 1 aliphatic rings. The Bertz CT molecular complexity index is 656. The van der Waals surface area contributed by atoms with Gasteiger partial charge in [-0.15, -0.1) is 0 Å². The Balaban J connectivity index is 2.36. The van der Waals surface area contributed by atoms with E-state index < -0.39 is 28.2 Å². The van der Waals surface area contributed by atoms with Gasteiger partial charge in [0.25, 0.3) is 0 Å². The van der Waals surface area contributed by atoms with Crippen LogP contribution in [0.2, 0.25) is 0 Å². The Labute approximate surface area is 132 Å². The van der Waals surface area contributed by atoms with Crippen LogP contribution in [0.15, 0.2) is 12.3 Å². The van der Waals surface area contributed by atoms with E-state index in [0.717, 1.165) is 0 Å². The molecule has 1 saturated heterocycles. The summed E-state index contributed by atoms with van der Waals surface area (Å²) in [4.78, 5) is 4.17. The molecule has 0 saturated carbocycles. The van der Waals surface area contributed by atoms with Gasteiger partial charge in [0.15, 0.2) is 9.84 Å². The van der Waals surface area contributed by atoms with Crippen molar-refractivity contribution in [1.82, 2.24) is 4.98 Å². The normalized spacial score (nSPS) is 20.2. The molecular formula is C14H22BNO5S. The molecule has 0 N–H and O–H groups in total. The second-order valence-electron chi connectivity index (χ2n) is 6.60. The van der Waals surface area contributed by atoms with Crippen LogP contribution in [0.4, 0.5) is 0 Å². The maximum Gasteiger partial charge on any atom is 0.496 e. The number of pyridine rings is 1. The topological polar surface area (TPSA) is 74.7 Å². The van der Waals surface area contributed by atoms with Crippen molar-refractivity contribution in [3.8, 4) is 5.88 Å². The Hall–Kier alpha value is -1.12. The van der Waals surface area contributed by atoms with Crippen molar-refractivity contribution in [2.24, 2.45) is 0 Å². The molecule has 0 aromatic carbocycles. The monoisotopic (exact) mass is 327 g/mol. The minimum Gasteiger partial charge on any atom is -0.481 e. The van der Waals surface area contributed by atoms with Crippen molar-refractivity contribution < 1.29 is 22.5 Å². The van der Waals surface area contributed by atoms with E-state index in [4.69, 9.17) is 14.0 Å². The molecule has 0 radical (unpaired) electrons. The first-order valence-electron chi connectivity index (χ1n) is 7.01. The smallest absolute Gasteiger partial charge is 0.481 e. The summed E-state index contributed by atoms with van der Waals surface area (Å²) in [6.07, 6.45) is 2.76. The lowest BCUT2D eigenvalue weighted by Gasteiger charge is -2.32. The van der Waals surface area contributed by atoms with E-state index in [2.05, 4.69) is 4.98 Å². The van der Waals surface area contributed by atoms with Crippen molar-refractivity contribution in [2.75, 3.05) is 13.4 Å². The van der Waals surface area contributed by atoms with Gasteiger partial charge in [-0.25, -0.2) is 13.4 Å². The van der Waals surface area contributed by atoms with Crippen LogP contribution in [0.3, 0.4) is 0 Å². The Morgan fingerprint density at radius 3 is 2.23 bits per heavy atom. The maximum atomic E-state index is 11.6. The lowest BCUT2D eigenvalue weighted by molar-refractivity contribution is 0.00578. The summed E-state index contributed by atoms with van der Waals surface area (Å²) in [6, 6.07) is 1.72. The average Bonchev–Trinajstić information content (AvgIpc) is 2.56. The molecule has 6 nitrogen and oxygen atoms in total. The summed E-state index contributed by atoms with van der Waals surface area (Å²) in [6.45, 7) is 7.84. The van der Waals surface area contributed by atoms with Gasteiger partial charge in [-0.1, -0.05) is 6.07 Å². The van der Waals surface area contributed by atoms with Crippen LogP contribution >= 0.6 is 0 Å². The van der Waals surface area contributed by atoms with Crippen LogP contribution in [-0.2, 0) is 24.9 Å². The van der Waals surface area contributed by atoms with Crippen LogP contribution < -0.4 is 10.2 Å². The quantitative estimate of drug-likeness (QED) is 0.766. The number of ether oxygens (including phenoxy) is 1. The highest BCUT2D eigenvalue weighted by atomic mass is 32.2. The molecule has 122 valence electrons. The number of nitrogens with zero attached hydrogens (tertiary/aromatic N) is 1. The van der Waals surface area contributed by atoms with Gasteiger partial charge in [0.1, 0.15) is 0 Å². The van der Waals surface area contributed by atoms with Gasteiger partial charge in [0, 0.05) is 23.5 Å². The summed E-state index contributed by atoms with van der Waals surface area (Å²) in [5.74, 6) is 0.155. The third kappa shape index (κ3) is 3.44. The SMILES string of the molecule is COc1ncc(B2OC(C)(C)C(C)(C)O2)cc1CS(C)(=O)=O. The minimum absolute atomic E-state index is 0.142. The third-order valence-electron chi connectivity index (χ3n) is 4.08. The number of methoxy groups -OCH3 is 1. The van der Waals surface area contributed by atoms with E-state index in [1.807, 2.05) is 27.7 Å². The lowest BCUT2D eigenvalue weighted by Crippen LogP contribution is -2.41. The van der Waals surface area contributed by atoms with Crippen molar-refractivity contribution in [2.45, 2.75) is 44.6 Å². The summed E-state index contributed by atoms with van der Waals surface area (Å²) < 4.78 is 40.2. The zero-order valence-corrected chi connectivity index (χ0v) is 14.7. The maximum absolute atomic E-state index is 11.6. The summed E-state index contributed by atoms with van der Waals surface area (Å²) in [5, 5.41) is 0. The lowest BCUT2D eigenvalue weighted by atomic mass is 9.80. The predicted molar refractivity (Wildman–Crippen MR) is 85.1 cm³/mol. The highest BCUT2D eigenvalue weighted by Gasteiger charge is 2.51. The fourth-order valence-corrected chi connectivity index (χ4v) is 2.97. The number of hydrogen-bond acceptors (Lipinski definition) is 6. The van der Waals surface area contributed by atoms with Crippen molar-refractivity contribution in [3.63, 3.8) is 0 Å². The van der Waals surface area contributed by atoms with E-state index in [9.17, 15) is 8.42 Å². The van der Waals surface area contributed by atoms with Gasteiger partial charge in [-0.3, -0.25) is 0 Å². The fraction of sp³-hybridized carbons (Fsp3) is 0.643. The van der Waals surface area contributed by atoms with Gasteiger partial charge in [0.2, 0.25) is 5.88 Å². The molecule has 0 bridgehead atoms. The number of rotatable bonds is 4. The highest BCUT2D eigenvalue weighted by molar-refractivity contribution is 7.89. The second kappa shape index (κ2) is 5.51. The number of hydrogen-bond donors (Lipinski definition) is 0. The summed E-state index contributed by atoms with van der Waals surface area (Å²) >= 11 is 0. The zero-order chi connectivity index (χ0) is 16.8. The van der Waals surface area contributed by atoms with E-state index in [-0.39, 0.29) is 5.75 Å². The molecule has 0 amide bonds. The molecule has 22 heavy (non-hydrogen) atoms. The molecule has 1 aromatic heterocycles. The number of sulfone groups is 1. The van der Waals surface area contributed by atoms with Gasteiger partial charge in [0.05, 0.1) is 24.1 Å². The van der Waals surface area contributed by atoms with Crippen LogP contribution in [0, 0.1) is 0 Å². The van der Waals surface area contributed by atoms with Gasteiger partial charge < -0.3 is 14.0 Å². The fourth-order valence-electron chi connectivity index (χ4n) is 2.19. The molecular weight excluding hydrogens is 305 g/mol. The van der Waals surface area contributed by atoms with Crippen LogP contribution in [0.5, 0.6) is 5.88 Å². The average molecular weight is 327 g/mol. The highest BCUT2D eigenvalue weighted by Crippen LogP contribution is 2.36. The van der Waals surface area contributed by atoms with Gasteiger partial charge in [-0.05, 0) is 27.7 Å². The number of aromatic nitrogens is 1. The zero-order valence-electron chi connectivity index (χ0n) is 13.8. The van der Waals surface area contributed by atoms with Crippen LogP contribution in [-0.4, -0.2) is 45.1 Å². The predicted octanol–water partition coefficient (Wildman–Crippen LogP) is 0.934. The third-order valence-corrected chi connectivity index (χ3v) is 4.92.